The van der Waals surface area contributed by atoms with Gasteiger partial charge >= 0.3 is 0 Å². The van der Waals surface area contributed by atoms with E-state index in [9.17, 15) is 9.18 Å². The molecule has 20 heavy (non-hydrogen) atoms. The first-order valence-corrected chi connectivity index (χ1v) is 7.15. The number of nitrogens with zero attached hydrogens (tertiary/aromatic N) is 1. The molecule has 0 bridgehead atoms. The molecule has 110 valence electrons. The maximum Gasteiger partial charge on any atom is 0.253 e. The summed E-state index contributed by atoms with van der Waals surface area (Å²) in [6.45, 7) is 4.88. The van der Waals surface area contributed by atoms with Crippen LogP contribution in [-0.2, 0) is 4.74 Å². The number of amides is 1. The Morgan fingerprint density at radius 1 is 1.50 bits per heavy atom. The lowest BCUT2D eigenvalue weighted by molar-refractivity contribution is -0.0917. The second-order valence-corrected chi connectivity index (χ2v) is 5.27. The van der Waals surface area contributed by atoms with Crippen molar-refractivity contribution >= 4 is 5.91 Å². The number of carbonyl (C=O) groups excluding carboxylic acids is 1. The quantitative estimate of drug-likeness (QED) is 0.863. The van der Waals surface area contributed by atoms with Gasteiger partial charge in [-0.3, -0.25) is 4.79 Å². The Morgan fingerprint density at radius 2 is 2.25 bits per heavy atom. The van der Waals surface area contributed by atoms with Crippen LogP contribution in [0.1, 0.15) is 49.9 Å². The van der Waals surface area contributed by atoms with E-state index in [0.29, 0.717) is 12.2 Å². The Hall–Kier alpha value is -1.49. The Morgan fingerprint density at radius 3 is 2.85 bits per heavy atom. The lowest BCUT2D eigenvalue weighted by atomic mass is 9.86. The van der Waals surface area contributed by atoms with Crippen molar-refractivity contribution in [3.63, 3.8) is 0 Å². The molecule has 1 fully saturated rings. The van der Waals surface area contributed by atoms with Crippen LogP contribution in [0, 0.1) is 5.95 Å². The molecule has 0 radical (unpaired) electrons. The topological polar surface area (TPSA) is 51.2 Å². The van der Waals surface area contributed by atoms with Gasteiger partial charge in [0.2, 0.25) is 5.95 Å². The number of hydrogen-bond acceptors (Lipinski definition) is 3. The third-order valence-electron chi connectivity index (χ3n) is 4.11. The average molecular weight is 280 g/mol. The summed E-state index contributed by atoms with van der Waals surface area (Å²) in [6, 6.07) is 2.74. The summed E-state index contributed by atoms with van der Waals surface area (Å²) in [5.74, 6) is -0.783. The molecule has 1 aromatic heterocycles. The molecule has 1 atom stereocenters. The van der Waals surface area contributed by atoms with Crippen molar-refractivity contribution in [1.29, 1.82) is 0 Å². The maximum absolute atomic E-state index is 12.7. The van der Waals surface area contributed by atoms with E-state index in [-0.39, 0.29) is 17.6 Å². The van der Waals surface area contributed by atoms with Gasteiger partial charge in [-0.15, -0.1) is 0 Å². The highest BCUT2D eigenvalue weighted by atomic mass is 19.1. The molecule has 1 N–H and O–H groups in total. The van der Waals surface area contributed by atoms with Crippen LogP contribution in [0.4, 0.5) is 4.39 Å². The van der Waals surface area contributed by atoms with E-state index in [1.807, 2.05) is 0 Å². The van der Waals surface area contributed by atoms with Crippen LogP contribution in [0.5, 0.6) is 0 Å². The highest BCUT2D eigenvalue weighted by molar-refractivity contribution is 5.94. The molecule has 1 amide bonds. The molecule has 1 aliphatic heterocycles. The number of hydrogen-bond donors (Lipinski definition) is 1. The van der Waals surface area contributed by atoms with Gasteiger partial charge in [0.15, 0.2) is 0 Å². The van der Waals surface area contributed by atoms with Crippen molar-refractivity contribution in [3.05, 3.63) is 29.8 Å². The molecule has 1 unspecified atom stereocenters. The predicted octanol–water partition coefficient (Wildman–Crippen LogP) is 2.69. The minimum Gasteiger partial charge on any atom is -0.375 e. The van der Waals surface area contributed by atoms with Crippen molar-refractivity contribution in [1.82, 2.24) is 10.3 Å². The fourth-order valence-corrected chi connectivity index (χ4v) is 2.67. The highest BCUT2D eigenvalue weighted by Gasteiger charge is 2.35. The molecule has 1 aliphatic rings. The Kier molecular flexibility index (Phi) is 4.70. The first kappa shape index (κ1) is 14.9. The molecule has 0 aliphatic carbocycles. The lowest BCUT2D eigenvalue weighted by Gasteiger charge is -2.40. The molecule has 4 nitrogen and oxygen atoms in total. The standard InChI is InChI=1S/C15H21FN2O2/c1-3-15(4-2)9-12(7-8-20-15)18-14(19)11-5-6-13(16)17-10-11/h5-6,10,12H,3-4,7-9H2,1-2H3,(H,18,19). The summed E-state index contributed by atoms with van der Waals surface area (Å²) in [6.07, 6.45) is 4.77. The number of ether oxygens (including phenoxy) is 1. The van der Waals surface area contributed by atoms with Gasteiger partial charge in [-0.05, 0) is 37.8 Å². The van der Waals surface area contributed by atoms with Crippen LogP contribution >= 0.6 is 0 Å². The zero-order valence-electron chi connectivity index (χ0n) is 12.0. The van der Waals surface area contributed by atoms with E-state index in [0.717, 1.165) is 25.7 Å². The largest absolute Gasteiger partial charge is 0.375 e. The minimum atomic E-state index is -0.580. The molecule has 5 heteroatoms. The van der Waals surface area contributed by atoms with Crippen molar-refractivity contribution in [2.45, 2.75) is 51.2 Å². The summed E-state index contributed by atoms with van der Waals surface area (Å²) >= 11 is 0. The molecular weight excluding hydrogens is 259 g/mol. The van der Waals surface area contributed by atoms with Gasteiger partial charge in [-0.25, -0.2) is 4.98 Å². The molecule has 0 aromatic carbocycles. The second-order valence-electron chi connectivity index (χ2n) is 5.27. The molecule has 0 saturated carbocycles. The van der Waals surface area contributed by atoms with Gasteiger partial charge in [0.25, 0.3) is 5.91 Å². The number of aromatic nitrogens is 1. The van der Waals surface area contributed by atoms with Crippen LogP contribution in [0.15, 0.2) is 18.3 Å². The summed E-state index contributed by atoms with van der Waals surface area (Å²) in [7, 11) is 0. The highest BCUT2D eigenvalue weighted by Crippen LogP contribution is 2.31. The third-order valence-corrected chi connectivity index (χ3v) is 4.11. The van der Waals surface area contributed by atoms with E-state index in [4.69, 9.17) is 4.74 Å². The van der Waals surface area contributed by atoms with Crippen LogP contribution in [0.2, 0.25) is 0 Å². The van der Waals surface area contributed by atoms with Crippen molar-refractivity contribution in [2.24, 2.45) is 0 Å². The normalized spacial score (nSPS) is 21.4. The average Bonchev–Trinajstić information content (AvgIpc) is 2.48. The fourth-order valence-electron chi connectivity index (χ4n) is 2.67. The van der Waals surface area contributed by atoms with Gasteiger partial charge in [0, 0.05) is 18.8 Å². The first-order chi connectivity index (χ1) is 9.58. The van der Waals surface area contributed by atoms with Gasteiger partial charge in [0.1, 0.15) is 0 Å². The molecule has 1 aromatic rings. The fraction of sp³-hybridized carbons (Fsp3) is 0.600. The van der Waals surface area contributed by atoms with Crippen molar-refractivity contribution in [2.75, 3.05) is 6.61 Å². The first-order valence-electron chi connectivity index (χ1n) is 7.15. The SMILES string of the molecule is CCC1(CC)CC(NC(=O)c2ccc(F)nc2)CCO1. The molecular formula is C15H21FN2O2. The Labute approximate surface area is 118 Å². The summed E-state index contributed by atoms with van der Waals surface area (Å²) in [5, 5.41) is 3.00. The molecule has 1 saturated heterocycles. The summed E-state index contributed by atoms with van der Waals surface area (Å²) < 4.78 is 18.6. The number of nitrogens with one attached hydrogen (secondary N) is 1. The van der Waals surface area contributed by atoms with Gasteiger partial charge < -0.3 is 10.1 Å². The van der Waals surface area contributed by atoms with E-state index >= 15 is 0 Å². The zero-order chi connectivity index (χ0) is 14.6. The van der Waals surface area contributed by atoms with E-state index < -0.39 is 5.95 Å². The second kappa shape index (κ2) is 6.31. The van der Waals surface area contributed by atoms with Crippen LogP contribution in [-0.4, -0.2) is 29.1 Å². The van der Waals surface area contributed by atoms with Gasteiger partial charge in [-0.2, -0.15) is 4.39 Å². The predicted molar refractivity (Wildman–Crippen MR) is 73.9 cm³/mol. The van der Waals surface area contributed by atoms with Crippen molar-refractivity contribution < 1.29 is 13.9 Å². The smallest absolute Gasteiger partial charge is 0.253 e. The van der Waals surface area contributed by atoms with E-state index in [1.54, 1.807) is 0 Å². The van der Waals surface area contributed by atoms with E-state index in [1.165, 1.54) is 18.3 Å². The van der Waals surface area contributed by atoms with Gasteiger partial charge in [0.05, 0.1) is 11.2 Å². The lowest BCUT2D eigenvalue weighted by Crippen LogP contribution is -2.48. The third kappa shape index (κ3) is 3.33. The summed E-state index contributed by atoms with van der Waals surface area (Å²) in [5.41, 5.74) is 0.258. The maximum atomic E-state index is 12.7. The van der Waals surface area contributed by atoms with Crippen LogP contribution < -0.4 is 5.32 Å². The van der Waals surface area contributed by atoms with Crippen LogP contribution in [0.25, 0.3) is 0 Å². The summed E-state index contributed by atoms with van der Waals surface area (Å²) in [4.78, 5) is 15.6. The molecule has 2 rings (SSSR count). The number of halogens is 1. The molecule has 0 spiro atoms. The molecule has 2 heterocycles. The number of carbonyl (C=O) groups is 1. The number of pyridine rings is 1. The van der Waals surface area contributed by atoms with E-state index in [2.05, 4.69) is 24.1 Å². The number of rotatable bonds is 4. The minimum absolute atomic E-state index is 0.0983. The Bertz CT molecular complexity index is 457. The van der Waals surface area contributed by atoms with Gasteiger partial charge in [-0.1, -0.05) is 13.8 Å². The Balaban J connectivity index is 1.99. The van der Waals surface area contributed by atoms with Crippen LogP contribution in [0.3, 0.4) is 0 Å². The zero-order valence-corrected chi connectivity index (χ0v) is 12.0. The monoisotopic (exact) mass is 280 g/mol. The van der Waals surface area contributed by atoms with Crippen molar-refractivity contribution in [3.8, 4) is 0 Å².